The normalized spacial score (nSPS) is 10.5. The number of anilines is 1. The summed E-state index contributed by atoms with van der Waals surface area (Å²) in [5.41, 5.74) is 0.938. The number of hydrogen-bond acceptors (Lipinski definition) is 5. The number of hydrogen-bond donors (Lipinski definition) is 2. The fourth-order valence-electron chi connectivity index (χ4n) is 1.56. The Morgan fingerprint density at radius 2 is 2.28 bits per heavy atom. The van der Waals surface area contributed by atoms with E-state index in [1.54, 1.807) is 11.3 Å². The second-order valence-electron chi connectivity index (χ2n) is 3.88. The van der Waals surface area contributed by atoms with E-state index >= 15 is 0 Å². The minimum Gasteiger partial charge on any atom is -0.368 e. The molecule has 0 aromatic carbocycles. The summed E-state index contributed by atoms with van der Waals surface area (Å²) in [7, 11) is 0. The Kier molecular flexibility index (Phi) is 4.46. The van der Waals surface area contributed by atoms with Crippen LogP contribution in [0.1, 0.15) is 19.8 Å². The van der Waals surface area contributed by atoms with Crippen LogP contribution in [-0.2, 0) is 4.79 Å². The van der Waals surface area contributed by atoms with Crippen molar-refractivity contribution in [1.29, 1.82) is 0 Å². The zero-order chi connectivity index (χ0) is 12.8. The van der Waals surface area contributed by atoms with E-state index < -0.39 is 0 Å². The smallest absolute Gasteiger partial charge is 0.221 e. The van der Waals surface area contributed by atoms with Gasteiger partial charge in [0.1, 0.15) is 12.1 Å². The molecule has 0 atom stereocenters. The van der Waals surface area contributed by atoms with Gasteiger partial charge in [-0.3, -0.25) is 4.79 Å². The molecule has 2 aromatic rings. The van der Waals surface area contributed by atoms with E-state index in [2.05, 4.69) is 20.6 Å². The lowest BCUT2D eigenvalue weighted by Gasteiger charge is -2.06. The van der Waals surface area contributed by atoms with Crippen molar-refractivity contribution in [3.05, 3.63) is 17.8 Å². The van der Waals surface area contributed by atoms with Gasteiger partial charge in [-0.15, -0.1) is 11.3 Å². The highest BCUT2D eigenvalue weighted by atomic mass is 32.1. The lowest BCUT2D eigenvalue weighted by molar-refractivity contribution is -0.120. The highest BCUT2D eigenvalue weighted by Crippen LogP contribution is 2.24. The van der Waals surface area contributed by atoms with Crippen LogP contribution >= 0.6 is 11.3 Å². The van der Waals surface area contributed by atoms with Gasteiger partial charge in [0.2, 0.25) is 5.91 Å². The van der Waals surface area contributed by atoms with Gasteiger partial charge in [0.05, 0.1) is 10.2 Å². The third kappa shape index (κ3) is 3.16. The molecule has 0 fully saturated rings. The standard InChI is InChI=1S/C12H16N4OS/c1-2-5-13-10(17)3-6-14-12-11-9(4-7-18-11)15-8-16-12/h4,7-8H,2-3,5-6H2,1H3,(H,13,17)(H,14,15,16). The van der Waals surface area contributed by atoms with E-state index in [1.165, 1.54) is 6.33 Å². The topological polar surface area (TPSA) is 66.9 Å². The van der Waals surface area contributed by atoms with Gasteiger partial charge in [-0.05, 0) is 17.9 Å². The van der Waals surface area contributed by atoms with Crippen LogP contribution in [0.3, 0.4) is 0 Å². The predicted molar refractivity (Wildman–Crippen MR) is 73.8 cm³/mol. The third-order valence-electron chi connectivity index (χ3n) is 2.46. The van der Waals surface area contributed by atoms with Crippen LogP contribution in [0.5, 0.6) is 0 Å². The fourth-order valence-corrected chi connectivity index (χ4v) is 2.37. The number of nitrogens with zero attached hydrogens (tertiary/aromatic N) is 2. The van der Waals surface area contributed by atoms with Crippen molar-refractivity contribution in [2.45, 2.75) is 19.8 Å². The molecule has 2 aromatic heterocycles. The summed E-state index contributed by atoms with van der Waals surface area (Å²) in [6, 6.07) is 1.96. The van der Waals surface area contributed by atoms with Crippen LogP contribution < -0.4 is 10.6 Å². The van der Waals surface area contributed by atoms with Crippen LogP contribution in [-0.4, -0.2) is 29.0 Å². The van der Waals surface area contributed by atoms with Gasteiger partial charge >= 0.3 is 0 Å². The van der Waals surface area contributed by atoms with Crippen LogP contribution in [0.2, 0.25) is 0 Å². The van der Waals surface area contributed by atoms with Gasteiger partial charge in [-0.25, -0.2) is 9.97 Å². The molecule has 18 heavy (non-hydrogen) atoms. The highest BCUT2D eigenvalue weighted by molar-refractivity contribution is 7.17. The van der Waals surface area contributed by atoms with Crippen LogP contribution in [0.4, 0.5) is 5.82 Å². The van der Waals surface area contributed by atoms with Gasteiger partial charge in [-0.2, -0.15) is 0 Å². The highest BCUT2D eigenvalue weighted by Gasteiger charge is 2.05. The molecule has 0 radical (unpaired) electrons. The maximum absolute atomic E-state index is 11.4. The van der Waals surface area contributed by atoms with E-state index in [0.717, 1.165) is 29.0 Å². The molecule has 2 heterocycles. The van der Waals surface area contributed by atoms with Crippen molar-refractivity contribution in [3.8, 4) is 0 Å². The van der Waals surface area contributed by atoms with E-state index in [4.69, 9.17) is 0 Å². The maximum Gasteiger partial charge on any atom is 0.221 e. The summed E-state index contributed by atoms with van der Waals surface area (Å²) in [6.45, 7) is 3.36. The molecule has 0 unspecified atom stereocenters. The molecular weight excluding hydrogens is 248 g/mol. The number of carbonyl (C=O) groups excluding carboxylic acids is 1. The maximum atomic E-state index is 11.4. The Hall–Kier alpha value is -1.69. The number of amides is 1. The van der Waals surface area contributed by atoms with Crippen molar-refractivity contribution in [3.63, 3.8) is 0 Å². The largest absolute Gasteiger partial charge is 0.368 e. The van der Waals surface area contributed by atoms with Crippen molar-refractivity contribution in [2.24, 2.45) is 0 Å². The van der Waals surface area contributed by atoms with E-state index in [0.29, 0.717) is 13.0 Å². The predicted octanol–water partition coefficient (Wildman–Crippen LogP) is 2.02. The first kappa shape index (κ1) is 12.8. The molecular formula is C12H16N4OS. The fraction of sp³-hybridized carbons (Fsp3) is 0.417. The number of aromatic nitrogens is 2. The summed E-state index contributed by atoms with van der Waals surface area (Å²) in [4.78, 5) is 19.8. The second kappa shape index (κ2) is 6.30. The molecule has 96 valence electrons. The van der Waals surface area contributed by atoms with Gasteiger partial charge in [0.15, 0.2) is 0 Å². The lowest BCUT2D eigenvalue weighted by atomic mass is 10.3. The summed E-state index contributed by atoms with van der Waals surface area (Å²) >= 11 is 1.60. The molecule has 0 aliphatic heterocycles. The molecule has 2 rings (SSSR count). The summed E-state index contributed by atoms with van der Waals surface area (Å²) in [5.74, 6) is 0.874. The van der Waals surface area contributed by atoms with E-state index in [-0.39, 0.29) is 5.91 Å². The number of fused-ring (bicyclic) bond motifs is 1. The molecule has 2 N–H and O–H groups in total. The molecule has 0 aliphatic carbocycles. The Bertz CT molecular complexity index is 526. The molecule has 5 nitrogen and oxygen atoms in total. The zero-order valence-electron chi connectivity index (χ0n) is 10.3. The van der Waals surface area contributed by atoms with Gasteiger partial charge < -0.3 is 10.6 Å². The van der Waals surface area contributed by atoms with Gasteiger partial charge in [0.25, 0.3) is 0 Å². The average molecular weight is 264 g/mol. The van der Waals surface area contributed by atoms with E-state index in [1.807, 2.05) is 18.4 Å². The first-order valence-electron chi connectivity index (χ1n) is 6.00. The summed E-state index contributed by atoms with van der Waals surface area (Å²) in [5, 5.41) is 8.01. The first-order valence-corrected chi connectivity index (χ1v) is 6.88. The minimum absolute atomic E-state index is 0.0702. The Morgan fingerprint density at radius 3 is 3.11 bits per heavy atom. The third-order valence-corrected chi connectivity index (χ3v) is 3.37. The molecule has 0 spiro atoms. The molecule has 1 amide bonds. The number of carbonyl (C=O) groups is 1. The Morgan fingerprint density at radius 1 is 1.39 bits per heavy atom. The SMILES string of the molecule is CCCNC(=O)CCNc1ncnc2ccsc12. The quantitative estimate of drug-likeness (QED) is 0.837. The number of rotatable bonds is 6. The molecule has 0 aliphatic rings. The first-order chi connectivity index (χ1) is 8.81. The van der Waals surface area contributed by atoms with Gasteiger partial charge in [-0.1, -0.05) is 6.92 Å². The monoisotopic (exact) mass is 264 g/mol. The van der Waals surface area contributed by atoms with Crippen molar-refractivity contribution in [1.82, 2.24) is 15.3 Å². The number of thiophene rings is 1. The molecule has 0 saturated carbocycles. The summed E-state index contributed by atoms with van der Waals surface area (Å²) in [6.07, 6.45) is 2.95. The molecule has 0 bridgehead atoms. The number of nitrogens with one attached hydrogen (secondary N) is 2. The zero-order valence-corrected chi connectivity index (χ0v) is 11.1. The lowest BCUT2D eigenvalue weighted by Crippen LogP contribution is -2.25. The average Bonchev–Trinajstić information content (AvgIpc) is 2.85. The Labute approximate surface area is 110 Å². The summed E-state index contributed by atoms with van der Waals surface area (Å²) < 4.78 is 1.03. The minimum atomic E-state index is 0.0702. The van der Waals surface area contributed by atoms with Crippen molar-refractivity contribution in [2.75, 3.05) is 18.4 Å². The Balaban J connectivity index is 1.87. The molecule has 0 saturated heterocycles. The van der Waals surface area contributed by atoms with Gasteiger partial charge in [0, 0.05) is 19.5 Å². The van der Waals surface area contributed by atoms with Crippen LogP contribution in [0.25, 0.3) is 10.2 Å². The van der Waals surface area contributed by atoms with Crippen molar-refractivity contribution >= 4 is 33.3 Å². The van der Waals surface area contributed by atoms with E-state index in [9.17, 15) is 4.79 Å². The second-order valence-corrected chi connectivity index (χ2v) is 4.80. The van der Waals surface area contributed by atoms with Crippen LogP contribution in [0.15, 0.2) is 17.8 Å². The molecule has 6 heteroatoms. The van der Waals surface area contributed by atoms with Crippen molar-refractivity contribution < 1.29 is 4.79 Å². The van der Waals surface area contributed by atoms with Crippen LogP contribution in [0, 0.1) is 0 Å².